The van der Waals surface area contributed by atoms with Crippen LogP contribution in [0, 0.1) is 5.82 Å². The van der Waals surface area contributed by atoms with Crippen molar-refractivity contribution in [3.05, 3.63) is 29.6 Å². The van der Waals surface area contributed by atoms with E-state index < -0.39 is 0 Å². The van der Waals surface area contributed by atoms with Crippen molar-refractivity contribution in [1.82, 2.24) is 4.90 Å². The summed E-state index contributed by atoms with van der Waals surface area (Å²) < 4.78 is 18.5. The van der Waals surface area contributed by atoms with Gasteiger partial charge >= 0.3 is 0 Å². The Morgan fingerprint density at radius 3 is 3.12 bits per heavy atom. The molecule has 1 aliphatic rings. The maximum absolute atomic E-state index is 13.1. The maximum atomic E-state index is 13.1. The van der Waals surface area contributed by atoms with E-state index in [4.69, 9.17) is 15.6 Å². The number of aliphatic hydroxyl groups excluding tert-OH is 1. The second kappa shape index (κ2) is 5.44. The molecule has 0 aliphatic carbocycles. The number of benzene rings is 1. The van der Waals surface area contributed by atoms with E-state index in [0.717, 1.165) is 12.1 Å². The summed E-state index contributed by atoms with van der Waals surface area (Å²) in [7, 11) is 0. The molecule has 1 atom stereocenters. The van der Waals surface area contributed by atoms with Gasteiger partial charge in [0.1, 0.15) is 5.82 Å². The first kappa shape index (κ1) is 12.3. The molecule has 0 aromatic heterocycles. The minimum atomic E-state index is -0.277. The lowest BCUT2D eigenvalue weighted by molar-refractivity contribution is -0.0550. The largest absolute Gasteiger partial charge is 0.398 e. The molecule has 4 nitrogen and oxygen atoms in total. The van der Waals surface area contributed by atoms with E-state index in [1.54, 1.807) is 6.07 Å². The van der Waals surface area contributed by atoms with E-state index in [1.807, 2.05) is 0 Å². The lowest BCUT2D eigenvalue weighted by Gasteiger charge is -2.32. The summed E-state index contributed by atoms with van der Waals surface area (Å²) >= 11 is 0. The molecular weight excluding hydrogens is 223 g/mol. The number of nitrogen functional groups attached to an aromatic ring is 1. The highest BCUT2D eigenvalue weighted by molar-refractivity contribution is 5.46. The molecule has 1 unspecified atom stereocenters. The standard InChI is InChI=1S/C12H17FN2O2/c13-10-1-2-12(14)9(5-10)6-15-3-4-17-11(7-15)8-16/h1-2,5,11,16H,3-4,6-8,14H2. The van der Waals surface area contributed by atoms with E-state index in [-0.39, 0.29) is 18.5 Å². The molecule has 0 spiro atoms. The average Bonchev–Trinajstić information content (AvgIpc) is 2.34. The van der Waals surface area contributed by atoms with Crippen LogP contribution in [0.2, 0.25) is 0 Å². The van der Waals surface area contributed by atoms with Crippen molar-refractivity contribution in [2.75, 3.05) is 32.0 Å². The molecule has 2 rings (SSSR count). The molecule has 1 aliphatic heterocycles. The average molecular weight is 240 g/mol. The third kappa shape index (κ3) is 3.15. The van der Waals surface area contributed by atoms with Gasteiger partial charge in [0.2, 0.25) is 0 Å². The zero-order valence-electron chi connectivity index (χ0n) is 9.60. The van der Waals surface area contributed by atoms with Gasteiger partial charge in [-0.15, -0.1) is 0 Å². The molecule has 1 heterocycles. The molecule has 3 N–H and O–H groups in total. The molecule has 0 radical (unpaired) electrons. The smallest absolute Gasteiger partial charge is 0.123 e. The highest BCUT2D eigenvalue weighted by Crippen LogP contribution is 2.17. The van der Waals surface area contributed by atoms with Crippen LogP contribution in [-0.4, -0.2) is 42.4 Å². The summed E-state index contributed by atoms with van der Waals surface area (Å²) in [4.78, 5) is 2.11. The van der Waals surface area contributed by atoms with Crippen LogP contribution < -0.4 is 5.73 Å². The Labute approximate surface area is 99.8 Å². The Bertz CT molecular complexity index is 387. The molecule has 0 bridgehead atoms. The van der Waals surface area contributed by atoms with Gasteiger partial charge in [0.25, 0.3) is 0 Å². The number of hydrogen-bond donors (Lipinski definition) is 2. The molecule has 1 saturated heterocycles. The van der Waals surface area contributed by atoms with Crippen molar-refractivity contribution in [3.63, 3.8) is 0 Å². The summed E-state index contributed by atoms with van der Waals surface area (Å²) in [6, 6.07) is 4.39. The van der Waals surface area contributed by atoms with Crippen molar-refractivity contribution in [3.8, 4) is 0 Å². The second-order valence-electron chi connectivity index (χ2n) is 4.25. The van der Waals surface area contributed by atoms with Gasteiger partial charge in [0, 0.05) is 25.3 Å². The van der Waals surface area contributed by atoms with E-state index in [2.05, 4.69) is 4.90 Å². The topological polar surface area (TPSA) is 58.7 Å². The number of nitrogens with two attached hydrogens (primary N) is 1. The van der Waals surface area contributed by atoms with Gasteiger partial charge in [-0.25, -0.2) is 4.39 Å². The minimum absolute atomic E-state index is 0.00906. The Morgan fingerprint density at radius 1 is 1.53 bits per heavy atom. The number of nitrogens with zero attached hydrogens (tertiary/aromatic N) is 1. The lowest BCUT2D eigenvalue weighted by Crippen LogP contribution is -2.43. The lowest BCUT2D eigenvalue weighted by atomic mass is 10.1. The van der Waals surface area contributed by atoms with Gasteiger partial charge in [-0.2, -0.15) is 0 Å². The summed E-state index contributed by atoms with van der Waals surface area (Å²) in [6.45, 7) is 2.60. The second-order valence-corrected chi connectivity index (χ2v) is 4.25. The van der Waals surface area contributed by atoms with Crippen molar-refractivity contribution < 1.29 is 14.2 Å². The van der Waals surface area contributed by atoms with Gasteiger partial charge < -0.3 is 15.6 Å². The molecule has 0 saturated carbocycles. The van der Waals surface area contributed by atoms with Crippen LogP contribution in [0.1, 0.15) is 5.56 Å². The monoisotopic (exact) mass is 240 g/mol. The SMILES string of the molecule is Nc1ccc(F)cc1CN1CCOC(CO)C1. The normalized spacial score (nSPS) is 21.6. The van der Waals surface area contributed by atoms with Crippen molar-refractivity contribution in [1.29, 1.82) is 0 Å². The number of hydrogen-bond acceptors (Lipinski definition) is 4. The molecule has 5 heteroatoms. The van der Waals surface area contributed by atoms with Crippen LogP contribution in [0.15, 0.2) is 18.2 Å². The van der Waals surface area contributed by atoms with Crippen molar-refractivity contribution in [2.24, 2.45) is 0 Å². The van der Waals surface area contributed by atoms with Crippen molar-refractivity contribution >= 4 is 5.69 Å². The Kier molecular flexibility index (Phi) is 3.93. The summed E-state index contributed by atoms with van der Waals surface area (Å²) in [6.07, 6.45) is -0.154. The van der Waals surface area contributed by atoms with Crippen LogP contribution in [0.5, 0.6) is 0 Å². The van der Waals surface area contributed by atoms with Crippen LogP contribution in [0.3, 0.4) is 0 Å². The van der Waals surface area contributed by atoms with E-state index in [1.165, 1.54) is 12.1 Å². The predicted molar refractivity (Wildman–Crippen MR) is 62.9 cm³/mol. The number of rotatable bonds is 3. The van der Waals surface area contributed by atoms with E-state index in [0.29, 0.717) is 25.4 Å². The Hall–Kier alpha value is -1.17. The fraction of sp³-hybridized carbons (Fsp3) is 0.500. The number of halogens is 1. The van der Waals surface area contributed by atoms with Crippen molar-refractivity contribution in [2.45, 2.75) is 12.6 Å². The zero-order chi connectivity index (χ0) is 12.3. The molecule has 1 aromatic rings. The molecular formula is C12H17FN2O2. The van der Waals surface area contributed by atoms with Crippen LogP contribution >= 0.6 is 0 Å². The highest BCUT2D eigenvalue weighted by Gasteiger charge is 2.20. The zero-order valence-corrected chi connectivity index (χ0v) is 9.60. The number of ether oxygens (including phenoxy) is 1. The Balaban J connectivity index is 2.02. The molecule has 17 heavy (non-hydrogen) atoms. The highest BCUT2D eigenvalue weighted by atomic mass is 19.1. The van der Waals surface area contributed by atoms with Crippen LogP contribution in [0.4, 0.5) is 10.1 Å². The summed E-state index contributed by atoms with van der Waals surface area (Å²) in [5, 5.41) is 9.04. The molecule has 1 fully saturated rings. The molecule has 94 valence electrons. The van der Waals surface area contributed by atoms with Gasteiger partial charge in [-0.1, -0.05) is 0 Å². The quantitative estimate of drug-likeness (QED) is 0.760. The third-order valence-electron chi connectivity index (χ3n) is 2.93. The summed E-state index contributed by atoms with van der Waals surface area (Å²) in [5.74, 6) is -0.277. The first-order valence-electron chi connectivity index (χ1n) is 5.68. The first-order chi connectivity index (χ1) is 8.19. The minimum Gasteiger partial charge on any atom is -0.398 e. The summed E-state index contributed by atoms with van der Waals surface area (Å²) in [5.41, 5.74) is 7.18. The van der Waals surface area contributed by atoms with Gasteiger partial charge in [-0.3, -0.25) is 4.90 Å². The van der Waals surface area contributed by atoms with Gasteiger partial charge in [0.15, 0.2) is 0 Å². The Morgan fingerprint density at radius 2 is 2.35 bits per heavy atom. The molecule has 1 aromatic carbocycles. The number of morpholine rings is 1. The number of aliphatic hydroxyl groups is 1. The fourth-order valence-electron chi connectivity index (χ4n) is 1.99. The number of anilines is 1. The van der Waals surface area contributed by atoms with E-state index >= 15 is 0 Å². The third-order valence-corrected chi connectivity index (χ3v) is 2.93. The predicted octanol–water partition coefficient (Wildman–Crippen LogP) is 0.601. The fourth-order valence-corrected chi connectivity index (χ4v) is 1.99. The van der Waals surface area contributed by atoms with Crippen LogP contribution in [-0.2, 0) is 11.3 Å². The maximum Gasteiger partial charge on any atom is 0.123 e. The van der Waals surface area contributed by atoms with Gasteiger partial charge in [-0.05, 0) is 23.8 Å². The van der Waals surface area contributed by atoms with Gasteiger partial charge in [0.05, 0.1) is 19.3 Å². The van der Waals surface area contributed by atoms with Crippen LogP contribution in [0.25, 0.3) is 0 Å². The van der Waals surface area contributed by atoms with E-state index in [9.17, 15) is 4.39 Å². The first-order valence-corrected chi connectivity index (χ1v) is 5.68. The molecule has 0 amide bonds.